The van der Waals surface area contributed by atoms with Crippen molar-refractivity contribution in [3.8, 4) is 5.75 Å². The van der Waals surface area contributed by atoms with Crippen molar-refractivity contribution in [2.75, 3.05) is 24.6 Å². The van der Waals surface area contributed by atoms with E-state index in [9.17, 15) is 22.8 Å². The number of aromatic amines is 1. The summed E-state index contributed by atoms with van der Waals surface area (Å²) in [5.41, 5.74) is 1.52. The zero-order chi connectivity index (χ0) is 25.4. The molecule has 0 aliphatic carbocycles. The van der Waals surface area contributed by atoms with Crippen LogP contribution < -0.4 is 15.2 Å². The maximum Gasteiger partial charge on any atom is 0.451 e. The fourth-order valence-electron chi connectivity index (χ4n) is 4.70. The second-order valence-electron chi connectivity index (χ2n) is 8.85. The molecular weight excluding hydrogens is 479 g/mol. The summed E-state index contributed by atoms with van der Waals surface area (Å²) in [7, 11) is 0. The lowest BCUT2D eigenvalue weighted by molar-refractivity contribution is -0.147. The first kappa shape index (κ1) is 23.8. The lowest BCUT2D eigenvalue weighted by Crippen LogP contribution is -2.39. The van der Waals surface area contributed by atoms with Crippen molar-refractivity contribution in [2.45, 2.75) is 45.1 Å². The highest BCUT2D eigenvalue weighted by molar-refractivity contribution is 5.94. The Labute approximate surface area is 203 Å². The molecule has 2 aliphatic heterocycles. The van der Waals surface area contributed by atoms with E-state index in [-0.39, 0.29) is 43.0 Å². The third kappa shape index (κ3) is 4.52. The molecule has 3 aromatic rings. The third-order valence-electron chi connectivity index (χ3n) is 6.58. The van der Waals surface area contributed by atoms with Gasteiger partial charge < -0.3 is 19.1 Å². The van der Waals surface area contributed by atoms with Crippen LogP contribution in [0.1, 0.15) is 40.4 Å². The van der Waals surface area contributed by atoms with E-state index in [0.29, 0.717) is 23.5 Å². The normalized spacial score (nSPS) is 17.8. The average molecular weight is 503 g/mol. The summed E-state index contributed by atoms with van der Waals surface area (Å²) in [4.78, 5) is 28.6. The Morgan fingerprint density at radius 2 is 2.06 bits per heavy atom. The van der Waals surface area contributed by atoms with E-state index in [1.54, 1.807) is 37.4 Å². The predicted octanol–water partition coefficient (Wildman–Crippen LogP) is 2.39. The number of nitrogens with one attached hydrogen (secondary N) is 1. The van der Waals surface area contributed by atoms with Crippen molar-refractivity contribution in [2.24, 2.45) is 0 Å². The van der Waals surface area contributed by atoms with Gasteiger partial charge >= 0.3 is 6.18 Å². The number of carbonyl (C=O) groups excluding carboxylic acids is 1. The number of alkyl halides is 3. The van der Waals surface area contributed by atoms with Crippen LogP contribution in [-0.2, 0) is 19.3 Å². The van der Waals surface area contributed by atoms with Crippen molar-refractivity contribution in [1.82, 2.24) is 29.9 Å². The Kier molecular flexibility index (Phi) is 6.14. The number of rotatable bonds is 5. The summed E-state index contributed by atoms with van der Waals surface area (Å²) in [5, 5.41) is 13.2. The molecule has 2 aliphatic rings. The summed E-state index contributed by atoms with van der Waals surface area (Å²) >= 11 is 0. The number of hydrogen-bond acceptors (Lipinski definition) is 7. The molecule has 5 rings (SSSR count). The number of benzene rings is 1. The number of ether oxygens (including phenoxy) is 1. The molecule has 0 radical (unpaired) electrons. The second-order valence-corrected chi connectivity index (χ2v) is 8.85. The van der Waals surface area contributed by atoms with Gasteiger partial charge in [-0.1, -0.05) is 6.07 Å². The monoisotopic (exact) mass is 503 g/mol. The standard InChI is InChI=1S/C23H24F3N7O3/c1-14-18(11-27-29-20(14)34)32-7-3-5-16(32)13-36-17-6-2-4-15(10-17)21(35)31-8-9-33-19(12-31)28-30-22(33)23(24,25)26/h2,4,6,10-11,16H,3,5,7-9,12-13H2,1H3,(H,29,34). The molecule has 1 unspecified atom stereocenters. The largest absolute Gasteiger partial charge is 0.491 e. The van der Waals surface area contributed by atoms with Gasteiger partial charge in [0.05, 0.1) is 24.5 Å². The molecule has 1 atom stereocenters. The van der Waals surface area contributed by atoms with Gasteiger partial charge in [0, 0.05) is 30.8 Å². The van der Waals surface area contributed by atoms with E-state index < -0.39 is 12.0 Å². The van der Waals surface area contributed by atoms with Crippen LogP contribution in [0.3, 0.4) is 0 Å². The van der Waals surface area contributed by atoms with Crippen LogP contribution >= 0.6 is 0 Å². The Bertz CT molecular complexity index is 1340. The minimum atomic E-state index is -4.59. The molecule has 1 saturated heterocycles. The number of anilines is 1. The van der Waals surface area contributed by atoms with Crippen LogP contribution in [-0.4, -0.2) is 61.5 Å². The summed E-state index contributed by atoms with van der Waals surface area (Å²) in [6, 6.07) is 6.76. The molecule has 0 saturated carbocycles. The highest BCUT2D eigenvalue weighted by Gasteiger charge is 2.40. The highest BCUT2D eigenvalue weighted by Crippen LogP contribution is 2.30. The number of carbonyl (C=O) groups is 1. The van der Waals surface area contributed by atoms with Gasteiger partial charge in [-0.3, -0.25) is 9.59 Å². The van der Waals surface area contributed by atoms with Crippen LogP contribution in [0.4, 0.5) is 18.9 Å². The molecule has 1 amide bonds. The molecule has 13 heteroatoms. The average Bonchev–Trinajstić information content (AvgIpc) is 3.50. The molecule has 190 valence electrons. The van der Waals surface area contributed by atoms with Crippen molar-refractivity contribution >= 4 is 11.6 Å². The maximum atomic E-state index is 13.1. The Morgan fingerprint density at radius 3 is 2.86 bits per heavy atom. The lowest BCUT2D eigenvalue weighted by atomic mass is 10.1. The Balaban J connectivity index is 1.25. The fourth-order valence-corrected chi connectivity index (χ4v) is 4.70. The molecule has 1 aromatic carbocycles. The Hall–Kier alpha value is -3.90. The molecule has 10 nitrogen and oxygen atoms in total. The topological polar surface area (TPSA) is 109 Å². The molecule has 4 heterocycles. The van der Waals surface area contributed by atoms with E-state index in [1.807, 2.05) is 0 Å². The molecule has 36 heavy (non-hydrogen) atoms. The number of amides is 1. The molecular formula is C23H24F3N7O3. The second kappa shape index (κ2) is 9.28. The summed E-state index contributed by atoms with van der Waals surface area (Å²) < 4.78 is 46.3. The van der Waals surface area contributed by atoms with Crippen molar-refractivity contribution < 1.29 is 22.7 Å². The minimum Gasteiger partial charge on any atom is -0.491 e. The van der Waals surface area contributed by atoms with Gasteiger partial charge in [-0.2, -0.15) is 18.3 Å². The van der Waals surface area contributed by atoms with Gasteiger partial charge in [-0.25, -0.2) is 5.10 Å². The molecule has 0 spiro atoms. The number of H-pyrrole nitrogens is 1. The zero-order valence-electron chi connectivity index (χ0n) is 19.5. The van der Waals surface area contributed by atoms with Crippen LogP contribution in [0.5, 0.6) is 5.75 Å². The van der Waals surface area contributed by atoms with Gasteiger partial charge in [0.2, 0.25) is 5.82 Å². The Morgan fingerprint density at radius 1 is 1.22 bits per heavy atom. The summed E-state index contributed by atoms with van der Waals surface area (Å²) in [6.07, 6.45) is -1.11. The summed E-state index contributed by atoms with van der Waals surface area (Å²) in [6.45, 7) is 2.92. The smallest absolute Gasteiger partial charge is 0.451 e. The van der Waals surface area contributed by atoms with E-state index >= 15 is 0 Å². The number of aromatic nitrogens is 5. The van der Waals surface area contributed by atoms with E-state index in [0.717, 1.165) is 29.6 Å². The fraction of sp³-hybridized carbons (Fsp3) is 0.435. The van der Waals surface area contributed by atoms with Gasteiger partial charge in [0.1, 0.15) is 12.4 Å². The lowest BCUT2D eigenvalue weighted by Gasteiger charge is -2.28. The van der Waals surface area contributed by atoms with E-state index in [1.165, 1.54) is 4.90 Å². The molecule has 2 aromatic heterocycles. The molecule has 1 N–H and O–H groups in total. The molecule has 0 bridgehead atoms. The highest BCUT2D eigenvalue weighted by atomic mass is 19.4. The van der Waals surface area contributed by atoms with Crippen molar-refractivity contribution in [3.05, 3.63) is 63.6 Å². The van der Waals surface area contributed by atoms with Crippen LogP contribution in [0.25, 0.3) is 0 Å². The number of halogens is 3. The van der Waals surface area contributed by atoms with Crippen molar-refractivity contribution in [3.63, 3.8) is 0 Å². The third-order valence-corrected chi connectivity index (χ3v) is 6.58. The predicted molar refractivity (Wildman–Crippen MR) is 122 cm³/mol. The first-order chi connectivity index (χ1) is 17.2. The van der Waals surface area contributed by atoms with Crippen LogP contribution in [0.2, 0.25) is 0 Å². The van der Waals surface area contributed by atoms with Crippen LogP contribution in [0.15, 0.2) is 35.3 Å². The first-order valence-electron chi connectivity index (χ1n) is 11.5. The number of hydrogen-bond donors (Lipinski definition) is 1. The van der Waals surface area contributed by atoms with Gasteiger partial charge in [0.25, 0.3) is 11.5 Å². The van der Waals surface area contributed by atoms with Crippen LogP contribution in [0, 0.1) is 6.92 Å². The number of fused-ring (bicyclic) bond motifs is 1. The minimum absolute atomic E-state index is 0.0345. The summed E-state index contributed by atoms with van der Waals surface area (Å²) in [5.74, 6) is -0.767. The number of nitrogens with zero attached hydrogens (tertiary/aromatic N) is 6. The van der Waals surface area contributed by atoms with E-state index in [2.05, 4.69) is 25.3 Å². The van der Waals surface area contributed by atoms with Gasteiger partial charge in [0.15, 0.2) is 5.82 Å². The maximum absolute atomic E-state index is 13.1. The quantitative estimate of drug-likeness (QED) is 0.570. The SMILES string of the molecule is Cc1c(N2CCCC2COc2cccc(C(=O)N3CCn4c(nnc4C(F)(F)F)C3)c2)cn[nH]c1=O. The van der Waals surface area contributed by atoms with Crippen molar-refractivity contribution in [1.29, 1.82) is 0 Å². The van der Waals surface area contributed by atoms with E-state index in [4.69, 9.17) is 4.74 Å². The van der Waals surface area contributed by atoms with Gasteiger partial charge in [-0.05, 0) is 38.0 Å². The molecule has 1 fully saturated rings. The zero-order valence-corrected chi connectivity index (χ0v) is 19.5. The van der Waals surface area contributed by atoms with Gasteiger partial charge in [-0.15, -0.1) is 10.2 Å². The first-order valence-corrected chi connectivity index (χ1v) is 11.5.